The van der Waals surface area contributed by atoms with Crippen LogP contribution >= 0.6 is 11.8 Å². The first kappa shape index (κ1) is 21.6. The first-order chi connectivity index (χ1) is 15.5. The Labute approximate surface area is 190 Å². The average molecular weight is 446 g/mol. The van der Waals surface area contributed by atoms with Gasteiger partial charge in [0.2, 0.25) is 11.1 Å². The summed E-state index contributed by atoms with van der Waals surface area (Å²) in [5.74, 6) is 0.495. The number of aromatic nitrogens is 4. The number of nitrogens with zero attached hydrogens (tertiary/aromatic N) is 4. The fourth-order valence-electron chi connectivity index (χ4n) is 3.36. The zero-order chi connectivity index (χ0) is 22.5. The minimum atomic E-state index is -0.557. The van der Waals surface area contributed by atoms with Crippen molar-refractivity contribution in [2.75, 3.05) is 12.4 Å². The van der Waals surface area contributed by atoms with Crippen LogP contribution in [0.4, 0.5) is 5.69 Å². The van der Waals surface area contributed by atoms with Gasteiger partial charge in [-0.25, -0.2) is 0 Å². The number of hydrogen-bond donors (Lipinski definition) is 1. The molecule has 162 valence electrons. The van der Waals surface area contributed by atoms with Gasteiger partial charge in [-0.15, -0.1) is 5.10 Å². The number of ether oxygens (including phenoxy) is 1. The summed E-state index contributed by atoms with van der Waals surface area (Å²) in [7, 11) is 1.59. The summed E-state index contributed by atoms with van der Waals surface area (Å²) < 4.78 is 6.94. The normalized spacial score (nSPS) is 11.7. The van der Waals surface area contributed by atoms with E-state index in [-0.39, 0.29) is 5.91 Å². The Morgan fingerprint density at radius 3 is 2.59 bits per heavy atom. The van der Waals surface area contributed by atoms with Gasteiger partial charge in [0, 0.05) is 11.8 Å². The largest absolute Gasteiger partial charge is 0.497 e. The van der Waals surface area contributed by atoms with Gasteiger partial charge in [-0.1, -0.05) is 65.9 Å². The van der Waals surface area contributed by atoms with Gasteiger partial charge >= 0.3 is 0 Å². The third-order valence-corrected chi connectivity index (χ3v) is 6.11. The van der Waals surface area contributed by atoms with E-state index in [1.165, 1.54) is 11.8 Å². The molecule has 0 bridgehead atoms. The van der Waals surface area contributed by atoms with Gasteiger partial charge < -0.3 is 10.1 Å². The number of carbonyl (C=O) groups is 1. The third kappa shape index (κ3) is 4.81. The Morgan fingerprint density at radius 1 is 1.03 bits per heavy atom. The fraction of sp³-hybridized carbons (Fsp3) is 0.167. The monoisotopic (exact) mass is 445 g/mol. The van der Waals surface area contributed by atoms with Gasteiger partial charge in [0.1, 0.15) is 11.0 Å². The molecule has 0 spiro atoms. The molecule has 1 amide bonds. The van der Waals surface area contributed by atoms with Crippen LogP contribution in [0.3, 0.4) is 0 Å². The number of benzene rings is 3. The second-order valence-electron chi connectivity index (χ2n) is 7.29. The highest BCUT2D eigenvalue weighted by Gasteiger charge is 2.26. The maximum absolute atomic E-state index is 13.3. The van der Waals surface area contributed by atoms with E-state index in [0.29, 0.717) is 16.6 Å². The summed E-state index contributed by atoms with van der Waals surface area (Å²) in [4.78, 5) is 13.3. The van der Waals surface area contributed by atoms with E-state index < -0.39 is 5.25 Å². The Balaban J connectivity index is 1.66. The van der Waals surface area contributed by atoms with E-state index in [2.05, 4.69) is 26.9 Å². The molecule has 4 rings (SSSR count). The van der Waals surface area contributed by atoms with Crippen LogP contribution in [-0.2, 0) is 4.79 Å². The van der Waals surface area contributed by atoms with Crippen molar-refractivity contribution >= 4 is 23.4 Å². The van der Waals surface area contributed by atoms with Crippen molar-refractivity contribution in [3.05, 3.63) is 89.5 Å². The molecular weight excluding hydrogens is 422 g/mol. The van der Waals surface area contributed by atoms with E-state index in [0.717, 1.165) is 22.4 Å². The van der Waals surface area contributed by atoms with Crippen molar-refractivity contribution in [1.82, 2.24) is 20.2 Å². The van der Waals surface area contributed by atoms with E-state index in [9.17, 15) is 4.79 Å². The molecule has 1 unspecified atom stereocenters. The number of hydrogen-bond acceptors (Lipinski definition) is 6. The first-order valence-electron chi connectivity index (χ1n) is 10.1. The molecule has 0 radical (unpaired) electrons. The molecule has 0 fully saturated rings. The number of aryl methyl sites for hydroxylation is 2. The predicted octanol–water partition coefficient (Wildman–Crippen LogP) is 4.76. The summed E-state index contributed by atoms with van der Waals surface area (Å²) in [6.45, 7) is 4.06. The minimum Gasteiger partial charge on any atom is -0.497 e. The summed E-state index contributed by atoms with van der Waals surface area (Å²) in [6, 6.07) is 22.9. The average Bonchev–Trinajstić information content (AvgIpc) is 3.26. The molecule has 1 aromatic heterocycles. The molecule has 32 heavy (non-hydrogen) atoms. The summed E-state index contributed by atoms with van der Waals surface area (Å²) in [5, 5.41) is 15.2. The zero-order valence-electron chi connectivity index (χ0n) is 18.0. The van der Waals surface area contributed by atoms with E-state index in [1.54, 1.807) is 17.9 Å². The SMILES string of the molecule is COc1cccc(NC(=O)C(Sc2nnnn2-c2ccc(C)cc2C)c2ccccc2)c1. The fourth-order valence-corrected chi connectivity index (χ4v) is 4.35. The number of nitrogens with one attached hydrogen (secondary N) is 1. The van der Waals surface area contributed by atoms with Crippen molar-refractivity contribution < 1.29 is 9.53 Å². The van der Waals surface area contributed by atoms with Crippen LogP contribution < -0.4 is 10.1 Å². The van der Waals surface area contributed by atoms with Crippen LogP contribution in [0.1, 0.15) is 21.9 Å². The Hall–Kier alpha value is -3.65. The molecule has 0 aliphatic carbocycles. The molecule has 4 aromatic rings. The molecule has 1 heterocycles. The van der Waals surface area contributed by atoms with E-state index in [4.69, 9.17) is 4.74 Å². The third-order valence-electron chi connectivity index (χ3n) is 4.92. The predicted molar refractivity (Wildman–Crippen MR) is 125 cm³/mol. The lowest BCUT2D eigenvalue weighted by Crippen LogP contribution is -2.19. The summed E-state index contributed by atoms with van der Waals surface area (Å²) in [5.41, 5.74) is 4.60. The smallest absolute Gasteiger partial charge is 0.242 e. The molecule has 1 atom stereocenters. The highest BCUT2D eigenvalue weighted by atomic mass is 32.2. The molecule has 0 aliphatic rings. The number of amides is 1. The van der Waals surface area contributed by atoms with Gasteiger partial charge in [0.05, 0.1) is 12.8 Å². The number of rotatable bonds is 7. The number of carbonyl (C=O) groups excluding carboxylic acids is 1. The van der Waals surface area contributed by atoms with Crippen molar-refractivity contribution in [2.45, 2.75) is 24.3 Å². The van der Waals surface area contributed by atoms with Crippen LogP contribution in [0.15, 0.2) is 78.0 Å². The van der Waals surface area contributed by atoms with E-state index in [1.807, 2.05) is 74.5 Å². The van der Waals surface area contributed by atoms with Crippen LogP contribution in [0, 0.1) is 13.8 Å². The lowest BCUT2D eigenvalue weighted by Gasteiger charge is -2.17. The first-order valence-corrected chi connectivity index (χ1v) is 11.0. The Morgan fingerprint density at radius 2 is 1.84 bits per heavy atom. The molecule has 7 nitrogen and oxygen atoms in total. The van der Waals surface area contributed by atoms with E-state index >= 15 is 0 Å². The molecule has 0 aliphatic heterocycles. The zero-order valence-corrected chi connectivity index (χ0v) is 18.8. The maximum atomic E-state index is 13.3. The minimum absolute atomic E-state index is 0.176. The van der Waals surface area contributed by atoms with Crippen LogP contribution in [0.25, 0.3) is 5.69 Å². The van der Waals surface area contributed by atoms with Gasteiger partial charge in [-0.05, 0) is 53.6 Å². The van der Waals surface area contributed by atoms with Gasteiger partial charge in [0.15, 0.2) is 0 Å². The van der Waals surface area contributed by atoms with Gasteiger partial charge in [-0.3, -0.25) is 4.79 Å². The van der Waals surface area contributed by atoms with Crippen LogP contribution in [0.5, 0.6) is 5.75 Å². The molecule has 3 aromatic carbocycles. The summed E-state index contributed by atoms with van der Waals surface area (Å²) >= 11 is 1.30. The van der Waals surface area contributed by atoms with Crippen molar-refractivity contribution in [1.29, 1.82) is 0 Å². The van der Waals surface area contributed by atoms with Crippen molar-refractivity contribution in [2.24, 2.45) is 0 Å². The second-order valence-corrected chi connectivity index (χ2v) is 8.37. The van der Waals surface area contributed by atoms with Crippen molar-refractivity contribution in [3.63, 3.8) is 0 Å². The molecular formula is C24H23N5O2S. The number of tetrazole rings is 1. The number of methoxy groups -OCH3 is 1. The highest BCUT2D eigenvalue weighted by Crippen LogP contribution is 2.36. The molecule has 0 saturated heterocycles. The lowest BCUT2D eigenvalue weighted by atomic mass is 10.1. The van der Waals surface area contributed by atoms with Gasteiger partial charge in [-0.2, -0.15) is 4.68 Å². The quantitative estimate of drug-likeness (QED) is 0.413. The topological polar surface area (TPSA) is 81.9 Å². The number of thioether (sulfide) groups is 1. The van der Waals surface area contributed by atoms with Crippen LogP contribution in [-0.4, -0.2) is 33.2 Å². The standard InChI is InChI=1S/C24H23N5O2S/c1-16-12-13-21(17(2)14-16)29-24(26-27-28-29)32-22(18-8-5-4-6-9-18)23(30)25-19-10-7-11-20(15-19)31-3/h4-15,22H,1-3H3,(H,25,30). The Kier molecular flexibility index (Phi) is 6.51. The van der Waals surface area contributed by atoms with Crippen molar-refractivity contribution in [3.8, 4) is 11.4 Å². The van der Waals surface area contributed by atoms with Crippen LogP contribution in [0.2, 0.25) is 0 Å². The highest BCUT2D eigenvalue weighted by molar-refractivity contribution is 8.00. The molecule has 0 saturated carbocycles. The summed E-state index contributed by atoms with van der Waals surface area (Å²) in [6.07, 6.45) is 0. The van der Waals surface area contributed by atoms with Gasteiger partial charge in [0.25, 0.3) is 0 Å². The lowest BCUT2D eigenvalue weighted by molar-refractivity contribution is -0.115. The maximum Gasteiger partial charge on any atom is 0.242 e. The number of anilines is 1. The Bertz CT molecular complexity index is 1230. The molecule has 8 heteroatoms. The second kappa shape index (κ2) is 9.65. The molecule has 1 N–H and O–H groups in total.